The molecule has 30 heavy (non-hydrogen) atoms. The van der Waals surface area contributed by atoms with Crippen molar-refractivity contribution in [1.29, 1.82) is 0 Å². The van der Waals surface area contributed by atoms with Crippen molar-refractivity contribution >= 4 is 21.6 Å². The number of carbonyl (C=O) groups excluding carboxylic acids is 1. The van der Waals surface area contributed by atoms with Crippen LogP contribution in [0.3, 0.4) is 0 Å². The quantitative estimate of drug-likeness (QED) is 0.709. The van der Waals surface area contributed by atoms with E-state index in [9.17, 15) is 17.6 Å². The fourth-order valence-electron chi connectivity index (χ4n) is 3.38. The van der Waals surface area contributed by atoms with Gasteiger partial charge in [-0.1, -0.05) is 31.9 Å². The first-order valence-corrected chi connectivity index (χ1v) is 11.7. The lowest BCUT2D eigenvalue weighted by Crippen LogP contribution is -2.33. The first-order valence-electron chi connectivity index (χ1n) is 10.2. The minimum absolute atomic E-state index is 0.0124. The lowest BCUT2D eigenvalue weighted by atomic mass is 10.2. The highest BCUT2D eigenvalue weighted by Gasteiger charge is 2.25. The summed E-state index contributed by atoms with van der Waals surface area (Å²) in [6, 6.07) is 12.0. The molecule has 1 atom stereocenters. The second-order valence-corrected chi connectivity index (χ2v) is 9.22. The number of nitrogens with one attached hydrogen (secondary N) is 1. The Morgan fingerprint density at radius 2 is 1.70 bits per heavy atom. The molecule has 162 valence electrons. The molecule has 1 fully saturated rings. The maximum absolute atomic E-state index is 13.8. The maximum Gasteiger partial charge on any atom is 0.265 e. The average molecular weight is 435 g/mol. The fourth-order valence-corrected chi connectivity index (χ4v) is 4.90. The van der Waals surface area contributed by atoms with E-state index in [1.165, 1.54) is 28.6 Å². The minimum atomic E-state index is -3.54. The molecule has 0 radical (unpaired) electrons. The van der Waals surface area contributed by atoms with E-state index in [-0.39, 0.29) is 10.6 Å². The summed E-state index contributed by atoms with van der Waals surface area (Å²) in [6.07, 6.45) is 3.31. The Kier molecular flexibility index (Phi) is 7.44. The van der Waals surface area contributed by atoms with Crippen LogP contribution in [0.2, 0.25) is 0 Å². The molecule has 0 bridgehead atoms. The van der Waals surface area contributed by atoms with Crippen LogP contribution >= 0.6 is 0 Å². The third kappa shape index (κ3) is 5.37. The highest BCUT2D eigenvalue weighted by Crippen LogP contribution is 2.23. The molecule has 1 aliphatic heterocycles. The summed E-state index contributed by atoms with van der Waals surface area (Å²) in [6.45, 7) is 2.83. The average Bonchev–Trinajstić information content (AvgIpc) is 3.04. The molecule has 1 heterocycles. The predicted molar refractivity (Wildman–Crippen MR) is 113 cm³/mol. The summed E-state index contributed by atoms with van der Waals surface area (Å²) in [5.74, 6) is -0.950. The largest absolute Gasteiger partial charge is 0.478 e. The Morgan fingerprint density at radius 3 is 2.30 bits per heavy atom. The van der Waals surface area contributed by atoms with Crippen molar-refractivity contribution in [3.05, 3.63) is 54.3 Å². The van der Waals surface area contributed by atoms with Gasteiger partial charge in [0.15, 0.2) is 17.7 Å². The first kappa shape index (κ1) is 22.2. The van der Waals surface area contributed by atoms with Crippen molar-refractivity contribution in [2.24, 2.45) is 0 Å². The van der Waals surface area contributed by atoms with Gasteiger partial charge in [0, 0.05) is 18.8 Å². The second kappa shape index (κ2) is 10.0. The number of carbonyl (C=O) groups is 1. The Hall–Kier alpha value is -2.45. The molecule has 0 aromatic heterocycles. The summed E-state index contributed by atoms with van der Waals surface area (Å²) in [7, 11) is -3.54. The van der Waals surface area contributed by atoms with Crippen LogP contribution in [0.25, 0.3) is 0 Å². The molecular formula is C22H27FN2O4S. The summed E-state index contributed by atoms with van der Waals surface area (Å²) in [5.41, 5.74) is 0.449. The van der Waals surface area contributed by atoms with E-state index in [4.69, 9.17) is 4.74 Å². The first-order chi connectivity index (χ1) is 14.4. The zero-order chi connectivity index (χ0) is 21.6. The number of hydrogen-bond acceptors (Lipinski definition) is 4. The maximum atomic E-state index is 13.8. The lowest BCUT2D eigenvalue weighted by Gasteiger charge is -2.20. The molecule has 1 amide bonds. The molecular weight excluding hydrogens is 407 g/mol. The van der Waals surface area contributed by atoms with E-state index in [2.05, 4.69) is 5.32 Å². The van der Waals surface area contributed by atoms with Gasteiger partial charge in [0.1, 0.15) is 0 Å². The number of halogens is 1. The van der Waals surface area contributed by atoms with Gasteiger partial charge in [0.25, 0.3) is 5.91 Å². The van der Waals surface area contributed by atoms with Gasteiger partial charge in [-0.05, 0) is 55.7 Å². The summed E-state index contributed by atoms with van der Waals surface area (Å²) >= 11 is 0. The van der Waals surface area contributed by atoms with Crippen LogP contribution in [-0.2, 0) is 14.8 Å². The van der Waals surface area contributed by atoms with Crippen LogP contribution in [0.5, 0.6) is 5.75 Å². The zero-order valence-electron chi connectivity index (χ0n) is 17.0. The number of hydrogen-bond donors (Lipinski definition) is 1. The number of nitrogens with zero attached hydrogens (tertiary/aromatic N) is 1. The highest BCUT2D eigenvalue weighted by molar-refractivity contribution is 7.89. The van der Waals surface area contributed by atoms with E-state index in [0.29, 0.717) is 25.2 Å². The number of amides is 1. The van der Waals surface area contributed by atoms with Gasteiger partial charge >= 0.3 is 0 Å². The second-order valence-electron chi connectivity index (χ2n) is 7.28. The molecule has 0 saturated carbocycles. The molecule has 1 saturated heterocycles. The number of rotatable bonds is 7. The standard InChI is InChI=1S/C22H27FN2O4S/c1-2-20(29-21-10-6-5-9-19(21)23)22(26)24-17-11-13-18(14-12-17)30(27,28)25-15-7-3-4-8-16-25/h5-6,9-14,20H,2-4,7-8,15-16H2,1H3,(H,24,26)/t20-/m0/s1. The van der Waals surface area contributed by atoms with Crippen LogP contribution in [-0.4, -0.2) is 37.8 Å². The van der Waals surface area contributed by atoms with Crippen molar-refractivity contribution in [2.75, 3.05) is 18.4 Å². The Labute approximate surface area is 177 Å². The lowest BCUT2D eigenvalue weighted by molar-refractivity contribution is -0.122. The Bertz CT molecular complexity index is 955. The molecule has 8 heteroatoms. The topological polar surface area (TPSA) is 75.7 Å². The Balaban J connectivity index is 1.67. The normalized spacial score (nSPS) is 16.5. The molecule has 3 rings (SSSR count). The van der Waals surface area contributed by atoms with Crippen molar-refractivity contribution < 1.29 is 22.3 Å². The number of ether oxygens (including phenoxy) is 1. The molecule has 0 aliphatic carbocycles. The van der Waals surface area contributed by atoms with Crippen molar-refractivity contribution in [3.8, 4) is 5.75 Å². The molecule has 1 N–H and O–H groups in total. The van der Waals surface area contributed by atoms with E-state index < -0.39 is 27.9 Å². The summed E-state index contributed by atoms with van der Waals surface area (Å²) in [5, 5.41) is 2.71. The van der Waals surface area contributed by atoms with E-state index in [0.717, 1.165) is 25.7 Å². The molecule has 0 unspecified atom stereocenters. The number of anilines is 1. The predicted octanol–water partition coefficient (Wildman–Crippen LogP) is 4.19. The fraction of sp³-hybridized carbons (Fsp3) is 0.409. The molecule has 2 aromatic carbocycles. The van der Waals surface area contributed by atoms with Gasteiger partial charge in [-0.3, -0.25) is 4.79 Å². The third-order valence-electron chi connectivity index (χ3n) is 5.09. The molecule has 6 nitrogen and oxygen atoms in total. The van der Waals surface area contributed by atoms with Gasteiger partial charge in [-0.15, -0.1) is 0 Å². The SMILES string of the molecule is CC[C@H](Oc1ccccc1F)C(=O)Nc1ccc(S(=O)(=O)N2CCCCCC2)cc1. The monoisotopic (exact) mass is 434 g/mol. The van der Waals surface area contributed by atoms with E-state index in [1.54, 1.807) is 31.2 Å². The zero-order valence-corrected chi connectivity index (χ0v) is 17.8. The molecule has 1 aliphatic rings. The van der Waals surface area contributed by atoms with Gasteiger partial charge in [-0.2, -0.15) is 4.31 Å². The van der Waals surface area contributed by atoms with Crippen LogP contribution in [0.1, 0.15) is 39.0 Å². The van der Waals surface area contributed by atoms with E-state index in [1.807, 2.05) is 0 Å². The van der Waals surface area contributed by atoms with Gasteiger partial charge in [-0.25, -0.2) is 12.8 Å². The summed E-state index contributed by atoms with van der Waals surface area (Å²) in [4.78, 5) is 12.7. The Morgan fingerprint density at radius 1 is 1.07 bits per heavy atom. The van der Waals surface area contributed by atoms with Crippen LogP contribution in [0.15, 0.2) is 53.4 Å². The van der Waals surface area contributed by atoms with Crippen molar-refractivity contribution in [1.82, 2.24) is 4.31 Å². The number of para-hydroxylation sites is 1. The highest BCUT2D eigenvalue weighted by atomic mass is 32.2. The summed E-state index contributed by atoms with van der Waals surface area (Å²) < 4.78 is 46.5. The van der Waals surface area contributed by atoms with Gasteiger partial charge in [0.2, 0.25) is 10.0 Å². The number of sulfonamides is 1. The van der Waals surface area contributed by atoms with Crippen molar-refractivity contribution in [2.45, 2.75) is 50.0 Å². The van der Waals surface area contributed by atoms with Crippen LogP contribution in [0, 0.1) is 5.82 Å². The van der Waals surface area contributed by atoms with E-state index >= 15 is 0 Å². The number of benzene rings is 2. The molecule has 2 aromatic rings. The third-order valence-corrected chi connectivity index (χ3v) is 7.01. The van der Waals surface area contributed by atoms with Crippen molar-refractivity contribution in [3.63, 3.8) is 0 Å². The van der Waals surface area contributed by atoms with Crippen LogP contribution < -0.4 is 10.1 Å². The van der Waals surface area contributed by atoms with Gasteiger partial charge < -0.3 is 10.1 Å². The molecule has 0 spiro atoms. The smallest absolute Gasteiger partial charge is 0.265 e. The van der Waals surface area contributed by atoms with Gasteiger partial charge in [0.05, 0.1) is 4.90 Å². The van der Waals surface area contributed by atoms with Crippen LogP contribution in [0.4, 0.5) is 10.1 Å². The minimum Gasteiger partial charge on any atom is -0.478 e.